The van der Waals surface area contributed by atoms with Crippen LogP contribution in [0.5, 0.6) is 0 Å². The van der Waals surface area contributed by atoms with E-state index in [9.17, 15) is 9.59 Å². The Labute approximate surface area is 193 Å². The van der Waals surface area contributed by atoms with E-state index in [-0.39, 0.29) is 17.7 Å². The van der Waals surface area contributed by atoms with Crippen molar-refractivity contribution in [3.63, 3.8) is 0 Å². The van der Waals surface area contributed by atoms with Gasteiger partial charge in [0.1, 0.15) is 17.4 Å². The molecular formula is C24H30N6O3. The van der Waals surface area contributed by atoms with Crippen LogP contribution in [0, 0.1) is 16.2 Å². The highest BCUT2D eigenvalue weighted by Crippen LogP contribution is 2.34. The van der Waals surface area contributed by atoms with Gasteiger partial charge in [0.2, 0.25) is 0 Å². The monoisotopic (exact) mass is 450 g/mol. The molecule has 3 aliphatic rings. The van der Waals surface area contributed by atoms with Crippen molar-refractivity contribution in [1.29, 1.82) is 10.8 Å². The zero-order valence-electron chi connectivity index (χ0n) is 19.1. The van der Waals surface area contributed by atoms with E-state index in [1.165, 1.54) is 0 Å². The molecule has 1 aromatic heterocycles. The zero-order chi connectivity index (χ0) is 23.6. The number of aromatic nitrogens is 1. The van der Waals surface area contributed by atoms with Crippen LogP contribution in [0.4, 0.5) is 4.79 Å². The van der Waals surface area contributed by atoms with E-state index in [0.717, 1.165) is 17.5 Å². The molecule has 1 atom stereocenters. The summed E-state index contributed by atoms with van der Waals surface area (Å²) in [6.45, 7) is 5.70. The molecule has 0 bridgehead atoms. The van der Waals surface area contributed by atoms with Crippen LogP contribution >= 0.6 is 0 Å². The van der Waals surface area contributed by atoms with E-state index >= 15 is 0 Å². The number of nitrogens with one attached hydrogen (secondary N) is 3. The van der Waals surface area contributed by atoms with E-state index in [1.807, 2.05) is 25.2 Å². The molecule has 3 heterocycles. The maximum atomic E-state index is 13.0. The van der Waals surface area contributed by atoms with Crippen molar-refractivity contribution in [3.8, 4) is 0 Å². The van der Waals surface area contributed by atoms with Crippen LogP contribution in [0.2, 0.25) is 0 Å². The number of amidine groups is 2. The number of pyridine rings is 1. The van der Waals surface area contributed by atoms with Crippen LogP contribution in [-0.2, 0) is 17.7 Å². The Morgan fingerprint density at radius 2 is 2.09 bits per heavy atom. The number of amides is 2. The molecular weight excluding hydrogens is 420 g/mol. The Morgan fingerprint density at radius 1 is 1.27 bits per heavy atom. The van der Waals surface area contributed by atoms with Gasteiger partial charge in [-0.05, 0) is 50.0 Å². The molecule has 1 aromatic rings. The highest BCUT2D eigenvalue weighted by molar-refractivity contribution is 6.03. The lowest BCUT2D eigenvalue weighted by molar-refractivity contribution is 0.0958. The van der Waals surface area contributed by atoms with E-state index in [2.05, 4.69) is 10.3 Å². The molecule has 3 N–H and O–H groups in total. The Bertz CT molecular complexity index is 1060. The summed E-state index contributed by atoms with van der Waals surface area (Å²) >= 11 is 0. The third kappa shape index (κ3) is 4.67. The van der Waals surface area contributed by atoms with Crippen LogP contribution < -0.4 is 5.32 Å². The maximum Gasteiger partial charge on any atom is 0.410 e. The van der Waals surface area contributed by atoms with E-state index in [4.69, 9.17) is 15.6 Å². The zero-order valence-corrected chi connectivity index (χ0v) is 19.1. The Morgan fingerprint density at radius 3 is 2.82 bits per heavy atom. The summed E-state index contributed by atoms with van der Waals surface area (Å²) in [4.78, 5) is 32.8. The van der Waals surface area contributed by atoms with Crippen LogP contribution in [0.15, 0.2) is 36.2 Å². The third-order valence-electron chi connectivity index (χ3n) is 6.38. The van der Waals surface area contributed by atoms with Crippen molar-refractivity contribution < 1.29 is 14.3 Å². The highest BCUT2D eigenvalue weighted by atomic mass is 16.6. The number of carbonyl (C=O) groups excluding carboxylic acids is 2. The van der Waals surface area contributed by atoms with Crippen LogP contribution in [0.1, 0.15) is 54.7 Å². The average Bonchev–Trinajstić information content (AvgIpc) is 3.23. The first-order valence-electron chi connectivity index (χ1n) is 11.3. The van der Waals surface area contributed by atoms with Crippen LogP contribution in [0.3, 0.4) is 0 Å². The molecule has 1 aliphatic carbocycles. The number of ether oxygens (including phenoxy) is 1. The third-order valence-corrected chi connectivity index (χ3v) is 6.38. The second-order valence-electron chi connectivity index (χ2n) is 8.86. The second kappa shape index (κ2) is 9.17. The number of fused-ring (bicyclic) bond motifs is 1. The molecule has 1 fully saturated rings. The number of nitrogens with zero attached hydrogens (tertiary/aromatic N) is 3. The number of rotatable bonds is 4. The quantitative estimate of drug-likeness (QED) is 0.480. The van der Waals surface area contributed by atoms with Gasteiger partial charge in [0.05, 0.1) is 6.61 Å². The van der Waals surface area contributed by atoms with Crippen molar-refractivity contribution in [1.82, 2.24) is 20.1 Å². The Hall–Kier alpha value is -3.49. The molecule has 0 radical (unpaired) electrons. The van der Waals surface area contributed by atoms with Crippen molar-refractivity contribution in [2.75, 3.05) is 19.7 Å². The molecule has 9 nitrogen and oxygen atoms in total. The molecule has 0 saturated carbocycles. The minimum atomic E-state index is -0.600. The van der Waals surface area contributed by atoms with Crippen molar-refractivity contribution in [2.24, 2.45) is 5.41 Å². The van der Waals surface area contributed by atoms with Gasteiger partial charge in [-0.25, -0.2) is 4.79 Å². The highest BCUT2D eigenvalue weighted by Gasteiger charge is 2.36. The number of likely N-dealkylation sites (tertiary alicyclic amines) is 1. The van der Waals surface area contributed by atoms with Gasteiger partial charge in [-0.3, -0.25) is 20.6 Å². The maximum absolute atomic E-state index is 13.0. The number of carbonyl (C=O) groups is 2. The minimum absolute atomic E-state index is 0.285. The smallest absolute Gasteiger partial charge is 0.410 e. The molecule has 2 aliphatic heterocycles. The lowest BCUT2D eigenvalue weighted by Gasteiger charge is -2.35. The molecule has 174 valence electrons. The first-order chi connectivity index (χ1) is 15.8. The van der Waals surface area contributed by atoms with Crippen molar-refractivity contribution in [3.05, 3.63) is 53.0 Å². The predicted molar refractivity (Wildman–Crippen MR) is 124 cm³/mol. The van der Waals surface area contributed by atoms with Gasteiger partial charge >= 0.3 is 6.09 Å². The summed E-state index contributed by atoms with van der Waals surface area (Å²) in [6, 6.07) is 1.74. The molecule has 0 spiro atoms. The van der Waals surface area contributed by atoms with E-state index in [0.29, 0.717) is 62.9 Å². The summed E-state index contributed by atoms with van der Waals surface area (Å²) in [6.07, 6.45) is 9.71. The average molecular weight is 451 g/mol. The molecule has 1 saturated heterocycles. The summed E-state index contributed by atoms with van der Waals surface area (Å²) in [5.74, 6) is 0.535. The predicted octanol–water partition coefficient (Wildman–Crippen LogP) is 3.23. The standard InChI is InChI=1S/C24H30N6O3/c1-3-33-23(32)29-11-8-16-14-27-19(12-17(16)15-29)21(31)28-18-6-4-9-24(2,13-18)22(26)30-10-5-7-20(30)25/h4,6,9,12,14,25-26H,3,5,7-8,10-11,13,15H2,1-2H3,(H,28,31). The lowest BCUT2D eigenvalue weighted by Crippen LogP contribution is -2.43. The largest absolute Gasteiger partial charge is 0.450 e. The van der Waals surface area contributed by atoms with Gasteiger partial charge in [-0.2, -0.15) is 0 Å². The summed E-state index contributed by atoms with van der Waals surface area (Å²) in [5.41, 5.74) is 2.31. The van der Waals surface area contributed by atoms with Crippen molar-refractivity contribution >= 4 is 23.7 Å². The normalized spacial score (nSPS) is 22.0. The van der Waals surface area contributed by atoms with Gasteiger partial charge in [-0.1, -0.05) is 12.2 Å². The molecule has 1 unspecified atom stereocenters. The van der Waals surface area contributed by atoms with Gasteiger partial charge in [-0.15, -0.1) is 0 Å². The molecule has 4 rings (SSSR count). The Kier molecular flexibility index (Phi) is 6.31. The first-order valence-corrected chi connectivity index (χ1v) is 11.3. The topological polar surface area (TPSA) is 122 Å². The molecule has 0 aromatic carbocycles. The summed E-state index contributed by atoms with van der Waals surface area (Å²) < 4.78 is 5.10. The van der Waals surface area contributed by atoms with E-state index < -0.39 is 5.41 Å². The number of hydrogen-bond donors (Lipinski definition) is 3. The van der Waals surface area contributed by atoms with Gasteiger partial charge in [0.25, 0.3) is 5.91 Å². The summed E-state index contributed by atoms with van der Waals surface area (Å²) in [5, 5.41) is 19.7. The van der Waals surface area contributed by atoms with Gasteiger partial charge in [0, 0.05) is 49.8 Å². The Balaban J connectivity index is 1.43. The van der Waals surface area contributed by atoms with E-state index in [1.54, 1.807) is 29.0 Å². The minimum Gasteiger partial charge on any atom is -0.450 e. The van der Waals surface area contributed by atoms with Gasteiger partial charge < -0.3 is 19.9 Å². The second-order valence-corrected chi connectivity index (χ2v) is 8.86. The SMILES string of the molecule is CCOC(=O)N1CCc2cnc(C(=O)NC3=CC=CC(C)(C(=N)N4CCCC4=N)C3)cc2C1. The molecule has 2 amide bonds. The fourth-order valence-corrected chi connectivity index (χ4v) is 4.51. The fourth-order valence-electron chi connectivity index (χ4n) is 4.51. The number of hydrogen-bond acceptors (Lipinski definition) is 6. The van der Waals surface area contributed by atoms with Crippen LogP contribution in [-0.4, -0.2) is 58.2 Å². The summed E-state index contributed by atoms with van der Waals surface area (Å²) in [7, 11) is 0. The molecule has 33 heavy (non-hydrogen) atoms. The number of allylic oxidation sites excluding steroid dienone is 3. The molecule has 9 heteroatoms. The fraction of sp³-hybridized carbons (Fsp3) is 0.458. The van der Waals surface area contributed by atoms with Crippen molar-refractivity contribution in [2.45, 2.75) is 46.1 Å². The van der Waals surface area contributed by atoms with Gasteiger partial charge in [0.15, 0.2) is 0 Å². The van der Waals surface area contributed by atoms with Crippen LogP contribution in [0.25, 0.3) is 0 Å². The lowest BCUT2D eigenvalue weighted by atomic mass is 9.80. The first kappa shape index (κ1) is 22.7.